The van der Waals surface area contributed by atoms with Crippen molar-refractivity contribution in [2.75, 3.05) is 35.9 Å². The maximum absolute atomic E-state index is 14.7. The monoisotopic (exact) mass is 475 g/mol. The molecule has 10 heteroatoms. The molecule has 0 bridgehead atoms. The molecule has 1 N–H and O–H groups in total. The number of nitrogens with one attached hydrogen (secondary N) is 1. The van der Waals surface area contributed by atoms with Gasteiger partial charge >= 0.3 is 0 Å². The van der Waals surface area contributed by atoms with Crippen molar-refractivity contribution in [1.82, 2.24) is 4.98 Å². The predicted octanol–water partition coefficient (Wildman–Crippen LogP) is 3.74. The zero-order chi connectivity index (χ0) is 22.7. The van der Waals surface area contributed by atoms with Crippen molar-refractivity contribution in [1.29, 1.82) is 0 Å². The summed E-state index contributed by atoms with van der Waals surface area (Å²) in [5.41, 5.74) is 0.738. The van der Waals surface area contributed by atoms with Crippen LogP contribution >= 0.6 is 11.6 Å². The first-order valence-corrected chi connectivity index (χ1v) is 11.6. The largest absolute Gasteiger partial charge is 0.378 e. The molecule has 1 aliphatic heterocycles. The minimum absolute atomic E-state index is 0.0360. The number of hydrogen-bond acceptors (Lipinski definition) is 6. The second kappa shape index (κ2) is 9.23. The van der Waals surface area contributed by atoms with E-state index in [0.717, 1.165) is 6.07 Å². The first-order valence-electron chi connectivity index (χ1n) is 9.74. The highest BCUT2D eigenvalue weighted by molar-refractivity contribution is 7.92. The number of ether oxygens (including phenoxy) is 1. The molecule has 0 saturated carbocycles. The van der Waals surface area contributed by atoms with Gasteiger partial charge in [-0.3, -0.25) is 14.5 Å². The number of carbonyl (C=O) groups is 1. The van der Waals surface area contributed by atoms with Crippen molar-refractivity contribution < 1.29 is 22.3 Å². The van der Waals surface area contributed by atoms with Gasteiger partial charge in [0.2, 0.25) is 0 Å². The SMILES string of the molecule is O=C(c1ccncc1)c1cc(Cl)ccc1NS(=O)(=O)c1ccc(N2CCOCC2)c(F)c1. The van der Waals surface area contributed by atoms with Gasteiger partial charge in [0.15, 0.2) is 5.78 Å². The van der Waals surface area contributed by atoms with Crippen LogP contribution < -0.4 is 9.62 Å². The van der Waals surface area contributed by atoms with Crippen LogP contribution in [0.2, 0.25) is 5.02 Å². The van der Waals surface area contributed by atoms with Crippen LogP contribution in [-0.2, 0) is 14.8 Å². The maximum atomic E-state index is 14.7. The minimum Gasteiger partial charge on any atom is -0.378 e. The van der Waals surface area contributed by atoms with E-state index in [1.165, 1.54) is 54.9 Å². The number of anilines is 2. The third-order valence-electron chi connectivity index (χ3n) is 4.99. The molecule has 0 aliphatic carbocycles. The van der Waals surface area contributed by atoms with Gasteiger partial charge in [0.1, 0.15) is 5.82 Å². The first-order chi connectivity index (χ1) is 15.3. The van der Waals surface area contributed by atoms with Gasteiger partial charge in [-0.15, -0.1) is 0 Å². The number of rotatable bonds is 6. The van der Waals surface area contributed by atoms with Crippen LogP contribution in [0.1, 0.15) is 15.9 Å². The lowest BCUT2D eigenvalue weighted by Crippen LogP contribution is -2.36. The zero-order valence-corrected chi connectivity index (χ0v) is 18.4. The molecule has 0 amide bonds. The third-order valence-corrected chi connectivity index (χ3v) is 6.59. The van der Waals surface area contributed by atoms with Crippen molar-refractivity contribution in [3.8, 4) is 0 Å². The Balaban J connectivity index is 1.64. The van der Waals surface area contributed by atoms with E-state index in [-0.39, 0.29) is 21.2 Å². The van der Waals surface area contributed by atoms with E-state index in [2.05, 4.69) is 9.71 Å². The van der Waals surface area contributed by atoms with Crippen LogP contribution in [0.4, 0.5) is 15.8 Å². The Hall–Kier alpha value is -3.01. The Morgan fingerprint density at radius 1 is 1.06 bits per heavy atom. The van der Waals surface area contributed by atoms with Crippen LogP contribution in [-0.4, -0.2) is 45.5 Å². The summed E-state index contributed by atoms with van der Waals surface area (Å²) in [6.07, 6.45) is 2.92. The molecule has 0 spiro atoms. The van der Waals surface area contributed by atoms with Crippen LogP contribution in [0, 0.1) is 5.82 Å². The fourth-order valence-electron chi connectivity index (χ4n) is 3.37. The van der Waals surface area contributed by atoms with Gasteiger partial charge in [-0.05, 0) is 48.5 Å². The summed E-state index contributed by atoms with van der Waals surface area (Å²) in [4.78, 5) is 18.3. The van der Waals surface area contributed by atoms with Crippen molar-refractivity contribution in [3.63, 3.8) is 0 Å². The molecular weight excluding hydrogens is 457 g/mol. The number of benzene rings is 2. The number of morpholine rings is 1. The number of halogens is 2. The average molecular weight is 476 g/mol. The molecule has 0 atom stereocenters. The summed E-state index contributed by atoms with van der Waals surface area (Å²) in [5.74, 6) is -1.08. The fourth-order valence-corrected chi connectivity index (χ4v) is 4.63. The summed E-state index contributed by atoms with van der Waals surface area (Å²) >= 11 is 6.04. The predicted molar refractivity (Wildman–Crippen MR) is 119 cm³/mol. The highest BCUT2D eigenvalue weighted by Crippen LogP contribution is 2.28. The fraction of sp³-hybridized carbons (Fsp3) is 0.182. The quantitative estimate of drug-likeness (QED) is 0.546. The van der Waals surface area contributed by atoms with E-state index in [1.54, 1.807) is 4.90 Å². The zero-order valence-electron chi connectivity index (χ0n) is 16.8. The number of ketones is 1. The molecule has 0 radical (unpaired) electrons. The number of aromatic nitrogens is 1. The summed E-state index contributed by atoms with van der Waals surface area (Å²) in [6, 6.07) is 11.0. The van der Waals surface area contributed by atoms with Gasteiger partial charge in [0.25, 0.3) is 10.0 Å². The lowest BCUT2D eigenvalue weighted by Gasteiger charge is -2.29. The molecule has 4 rings (SSSR count). The molecule has 1 aliphatic rings. The molecule has 2 heterocycles. The van der Waals surface area contributed by atoms with E-state index < -0.39 is 21.6 Å². The average Bonchev–Trinajstić information content (AvgIpc) is 2.80. The van der Waals surface area contributed by atoms with Crippen molar-refractivity contribution >= 4 is 38.8 Å². The standard InChI is InChI=1S/C22H19ClFN3O4S/c23-16-1-3-20(18(13-16)22(28)15-5-7-25-8-6-15)26-32(29,30)17-2-4-21(19(24)14-17)27-9-11-31-12-10-27/h1-8,13-14,26H,9-12H2. The Morgan fingerprint density at radius 3 is 2.47 bits per heavy atom. The van der Waals surface area contributed by atoms with Crippen LogP contribution in [0.15, 0.2) is 65.8 Å². The van der Waals surface area contributed by atoms with E-state index in [9.17, 15) is 17.6 Å². The van der Waals surface area contributed by atoms with Crippen molar-refractivity contribution in [3.05, 3.63) is 82.9 Å². The van der Waals surface area contributed by atoms with Gasteiger partial charge in [-0.25, -0.2) is 12.8 Å². The Morgan fingerprint density at radius 2 is 1.78 bits per heavy atom. The molecule has 166 valence electrons. The second-order valence-corrected chi connectivity index (χ2v) is 9.19. The number of sulfonamides is 1. The lowest BCUT2D eigenvalue weighted by atomic mass is 10.0. The molecule has 1 aromatic heterocycles. The van der Waals surface area contributed by atoms with Gasteiger partial charge in [-0.2, -0.15) is 0 Å². The highest BCUT2D eigenvalue weighted by Gasteiger charge is 2.23. The van der Waals surface area contributed by atoms with Crippen LogP contribution in [0.3, 0.4) is 0 Å². The molecule has 32 heavy (non-hydrogen) atoms. The summed E-state index contributed by atoms with van der Waals surface area (Å²) in [7, 11) is -4.18. The summed E-state index contributed by atoms with van der Waals surface area (Å²) in [6.45, 7) is 2.00. The van der Waals surface area contributed by atoms with E-state index in [1.807, 2.05) is 0 Å². The molecule has 1 fully saturated rings. The third kappa shape index (κ3) is 4.74. The Labute approximate surface area is 189 Å². The molecule has 0 unspecified atom stereocenters. The van der Waals surface area contributed by atoms with Crippen LogP contribution in [0.25, 0.3) is 0 Å². The first kappa shape index (κ1) is 22.2. The Bertz CT molecular complexity index is 1250. The number of hydrogen-bond donors (Lipinski definition) is 1. The molecule has 3 aromatic rings. The number of carbonyl (C=O) groups excluding carboxylic acids is 1. The summed E-state index contributed by atoms with van der Waals surface area (Å²) < 4.78 is 48.3. The minimum atomic E-state index is -4.18. The lowest BCUT2D eigenvalue weighted by molar-refractivity contribution is 0.103. The highest BCUT2D eigenvalue weighted by atomic mass is 35.5. The second-order valence-electron chi connectivity index (χ2n) is 7.07. The molecule has 7 nitrogen and oxygen atoms in total. The van der Waals surface area contributed by atoms with Gasteiger partial charge in [-0.1, -0.05) is 11.6 Å². The summed E-state index contributed by atoms with van der Waals surface area (Å²) in [5, 5.41) is 0.270. The van der Waals surface area contributed by atoms with Gasteiger partial charge in [0.05, 0.1) is 29.5 Å². The molecule has 2 aromatic carbocycles. The van der Waals surface area contributed by atoms with Crippen molar-refractivity contribution in [2.45, 2.75) is 4.90 Å². The number of nitrogens with zero attached hydrogens (tertiary/aromatic N) is 2. The maximum Gasteiger partial charge on any atom is 0.262 e. The number of pyridine rings is 1. The molecule has 1 saturated heterocycles. The van der Waals surface area contributed by atoms with Crippen molar-refractivity contribution in [2.24, 2.45) is 0 Å². The smallest absolute Gasteiger partial charge is 0.262 e. The van der Waals surface area contributed by atoms with E-state index >= 15 is 0 Å². The normalized spacial score (nSPS) is 14.2. The molecular formula is C22H19ClFN3O4S. The van der Waals surface area contributed by atoms with E-state index in [4.69, 9.17) is 16.3 Å². The van der Waals surface area contributed by atoms with E-state index in [0.29, 0.717) is 37.6 Å². The topological polar surface area (TPSA) is 88.6 Å². The Kier molecular flexibility index (Phi) is 6.40. The van der Waals surface area contributed by atoms with Gasteiger partial charge in [0, 0.05) is 41.6 Å². The van der Waals surface area contributed by atoms with Crippen LogP contribution in [0.5, 0.6) is 0 Å². The van der Waals surface area contributed by atoms with Gasteiger partial charge < -0.3 is 9.64 Å².